The second-order valence-electron chi connectivity index (χ2n) is 2.95. The van der Waals surface area contributed by atoms with Crippen LogP contribution in [0.15, 0.2) is 11.1 Å². The Bertz CT molecular complexity index is 632. The van der Waals surface area contributed by atoms with Gasteiger partial charge in [-0.25, -0.2) is 13.6 Å². The number of nitrogens with two attached hydrogens (primary N) is 1. The van der Waals surface area contributed by atoms with Crippen LogP contribution in [0.5, 0.6) is 5.75 Å². The van der Waals surface area contributed by atoms with E-state index in [0.717, 1.165) is 0 Å². The lowest BCUT2D eigenvalue weighted by Crippen LogP contribution is -2.22. The van der Waals surface area contributed by atoms with Crippen molar-refractivity contribution in [2.24, 2.45) is 5.14 Å². The van der Waals surface area contributed by atoms with Crippen molar-refractivity contribution in [2.75, 3.05) is 0 Å². The highest BCUT2D eigenvalue weighted by Gasteiger charge is 2.37. The Morgan fingerprint density at radius 1 is 1.47 bits per heavy atom. The van der Waals surface area contributed by atoms with E-state index in [1.54, 1.807) is 0 Å². The summed E-state index contributed by atoms with van der Waals surface area (Å²) in [5, 5.41) is 13.8. The first-order chi connectivity index (χ1) is 8.42. The van der Waals surface area contributed by atoms with Crippen LogP contribution in [0.2, 0.25) is 0 Å². The molecule has 1 aromatic heterocycles. The van der Waals surface area contributed by atoms with Crippen LogP contribution in [0.4, 0.5) is 19.0 Å². The molecule has 0 amide bonds. The fraction of sp³-hybridized carbons (Fsp3) is 0.167. The van der Waals surface area contributed by atoms with Gasteiger partial charge >= 0.3 is 17.2 Å². The molecule has 0 saturated heterocycles. The van der Waals surface area contributed by atoms with E-state index < -0.39 is 37.9 Å². The number of aromatic nitrogens is 1. The number of nitro groups is 1. The minimum atomic E-state index is -5.19. The van der Waals surface area contributed by atoms with Crippen LogP contribution in [0.1, 0.15) is 0 Å². The summed E-state index contributed by atoms with van der Waals surface area (Å²) < 4.78 is 61.5. The standard InChI is InChI=1S/C6H3F3IN3O5S/c7-6(8,9)18-3-1-2(10)4(13(14)15)12-5(3)19(11,16)17/h1H,(H2,11,16,17). The van der Waals surface area contributed by atoms with Crippen LogP contribution < -0.4 is 9.88 Å². The van der Waals surface area contributed by atoms with Gasteiger partial charge in [-0.05, 0) is 32.5 Å². The summed E-state index contributed by atoms with van der Waals surface area (Å²) in [6.07, 6.45) is -5.19. The molecule has 0 radical (unpaired) electrons. The molecule has 1 rings (SSSR count). The molecule has 0 fully saturated rings. The molecule has 0 aliphatic rings. The van der Waals surface area contributed by atoms with E-state index in [0.29, 0.717) is 6.07 Å². The molecule has 0 aliphatic carbocycles. The smallest absolute Gasteiger partial charge is 0.400 e. The van der Waals surface area contributed by atoms with E-state index in [-0.39, 0.29) is 3.57 Å². The van der Waals surface area contributed by atoms with Gasteiger partial charge in [-0.3, -0.25) is 0 Å². The number of primary sulfonamides is 1. The molecule has 19 heavy (non-hydrogen) atoms. The minimum Gasteiger partial charge on any atom is -0.400 e. The van der Waals surface area contributed by atoms with Gasteiger partial charge in [0.1, 0.15) is 3.57 Å². The van der Waals surface area contributed by atoms with Gasteiger partial charge in [0.05, 0.1) is 0 Å². The molecule has 0 bridgehead atoms. The monoisotopic (exact) mass is 413 g/mol. The molecule has 106 valence electrons. The van der Waals surface area contributed by atoms with Crippen LogP contribution in [-0.2, 0) is 10.0 Å². The van der Waals surface area contributed by atoms with Gasteiger partial charge in [0.25, 0.3) is 10.0 Å². The van der Waals surface area contributed by atoms with Crippen molar-refractivity contribution in [1.29, 1.82) is 0 Å². The van der Waals surface area contributed by atoms with Crippen molar-refractivity contribution in [3.8, 4) is 5.75 Å². The largest absolute Gasteiger partial charge is 0.573 e. The zero-order chi connectivity index (χ0) is 15.0. The molecule has 0 saturated carbocycles. The summed E-state index contributed by atoms with van der Waals surface area (Å²) >= 11 is 1.31. The molecular weight excluding hydrogens is 410 g/mol. The van der Waals surface area contributed by atoms with Crippen LogP contribution >= 0.6 is 22.6 Å². The first-order valence-electron chi connectivity index (χ1n) is 4.05. The lowest BCUT2D eigenvalue weighted by atomic mass is 10.4. The lowest BCUT2D eigenvalue weighted by Gasteiger charge is -2.09. The Morgan fingerprint density at radius 2 is 2.00 bits per heavy atom. The third-order valence-corrected chi connectivity index (χ3v) is 3.18. The van der Waals surface area contributed by atoms with Crippen molar-refractivity contribution in [2.45, 2.75) is 11.4 Å². The second kappa shape index (κ2) is 5.04. The summed E-state index contributed by atoms with van der Waals surface area (Å²) in [5.41, 5.74) is 0. The summed E-state index contributed by atoms with van der Waals surface area (Å²) in [4.78, 5) is 12.5. The van der Waals surface area contributed by atoms with E-state index in [2.05, 4.69) is 14.9 Å². The van der Waals surface area contributed by atoms with Crippen LogP contribution in [0.25, 0.3) is 0 Å². The highest BCUT2D eigenvalue weighted by atomic mass is 127. The average molecular weight is 413 g/mol. The Hall–Kier alpha value is -1.22. The highest BCUT2D eigenvalue weighted by Crippen LogP contribution is 2.32. The number of pyridine rings is 1. The first-order valence-corrected chi connectivity index (χ1v) is 6.68. The third-order valence-electron chi connectivity index (χ3n) is 1.56. The molecule has 13 heteroatoms. The normalized spacial score (nSPS) is 12.3. The fourth-order valence-electron chi connectivity index (χ4n) is 0.976. The zero-order valence-corrected chi connectivity index (χ0v) is 11.5. The topological polar surface area (TPSA) is 125 Å². The number of sulfonamides is 1. The van der Waals surface area contributed by atoms with E-state index in [9.17, 15) is 31.7 Å². The average Bonchev–Trinajstić information content (AvgIpc) is 2.11. The predicted octanol–water partition coefficient (Wildman–Crippen LogP) is 1.14. The van der Waals surface area contributed by atoms with Crippen LogP contribution in [0, 0.1) is 13.7 Å². The van der Waals surface area contributed by atoms with Crippen LogP contribution in [-0.4, -0.2) is 24.7 Å². The number of hydrogen-bond acceptors (Lipinski definition) is 6. The Labute approximate surface area is 117 Å². The number of rotatable bonds is 3. The third kappa shape index (κ3) is 4.13. The van der Waals surface area contributed by atoms with Crippen molar-refractivity contribution in [3.63, 3.8) is 0 Å². The van der Waals surface area contributed by atoms with E-state index in [1.165, 1.54) is 22.6 Å². The number of halogens is 4. The summed E-state index contributed by atoms with van der Waals surface area (Å²) in [6.45, 7) is 0. The van der Waals surface area contributed by atoms with E-state index in [1.807, 2.05) is 0 Å². The quantitative estimate of drug-likeness (QED) is 0.450. The first kappa shape index (κ1) is 15.8. The van der Waals surface area contributed by atoms with Gasteiger partial charge in [-0.1, -0.05) is 0 Å². The molecular formula is C6H3F3IN3O5S. The van der Waals surface area contributed by atoms with Crippen molar-refractivity contribution in [3.05, 3.63) is 19.8 Å². The molecule has 1 aromatic rings. The Kier molecular flexibility index (Phi) is 4.20. The molecule has 0 spiro atoms. The SMILES string of the molecule is NS(=O)(=O)c1nc([N+](=O)[O-])c(I)cc1OC(F)(F)F. The van der Waals surface area contributed by atoms with Gasteiger partial charge in [-0.2, -0.15) is 0 Å². The molecule has 0 aliphatic heterocycles. The number of alkyl halides is 3. The number of nitrogens with zero attached hydrogens (tertiary/aromatic N) is 2. The molecule has 2 N–H and O–H groups in total. The lowest BCUT2D eigenvalue weighted by molar-refractivity contribution is -0.391. The summed E-state index contributed by atoms with van der Waals surface area (Å²) in [5.74, 6) is -2.18. The maximum atomic E-state index is 12.1. The Balaban J connectivity index is 3.55. The van der Waals surface area contributed by atoms with Gasteiger partial charge < -0.3 is 14.9 Å². The highest BCUT2D eigenvalue weighted by molar-refractivity contribution is 14.1. The fourth-order valence-corrected chi connectivity index (χ4v) is 2.17. The van der Waals surface area contributed by atoms with E-state index >= 15 is 0 Å². The minimum absolute atomic E-state index is 0.339. The zero-order valence-electron chi connectivity index (χ0n) is 8.51. The second-order valence-corrected chi connectivity index (χ2v) is 5.59. The van der Waals surface area contributed by atoms with E-state index in [4.69, 9.17) is 0 Å². The maximum absolute atomic E-state index is 12.1. The van der Waals surface area contributed by atoms with Gasteiger partial charge in [0, 0.05) is 6.07 Å². The van der Waals surface area contributed by atoms with Crippen molar-refractivity contribution < 1.29 is 31.2 Å². The van der Waals surface area contributed by atoms with Gasteiger partial charge in [0.2, 0.25) is 0 Å². The molecule has 8 nitrogen and oxygen atoms in total. The Morgan fingerprint density at radius 3 is 2.37 bits per heavy atom. The number of hydrogen-bond donors (Lipinski definition) is 1. The summed E-state index contributed by atoms with van der Waals surface area (Å²) in [7, 11) is -4.72. The van der Waals surface area contributed by atoms with Gasteiger partial charge in [-0.15, -0.1) is 13.2 Å². The van der Waals surface area contributed by atoms with Crippen LogP contribution in [0.3, 0.4) is 0 Å². The molecule has 1 heterocycles. The van der Waals surface area contributed by atoms with Crippen molar-refractivity contribution >= 4 is 38.4 Å². The molecule has 0 aromatic carbocycles. The molecule has 0 atom stereocenters. The molecule has 0 unspecified atom stereocenters. The summed E-state index contributed by atoms with van der Waals surface area (Å²) in [6, 6.07) is 0.513. The maximum Gasteiger partial charge on any atom is 0.573 e. The number of ether oxygens (including phenoxy) is 1. The predicted molar refractivity (Wildman–Crippen MR) is 61.7 cm³/mol. The van der Waals surface area contributed by atoms with Crippen molar-refractivity contribution in [1.82, 2.24) is 4.98 Å². The van der Waals surface area contributed by atoms with Gasteiger partial charge in [0.15, 0.2) is 5.75 Å².